The van der Waals surface area contributed by atoms with Gasteiger partial charge in [-0.2, -0.15) is 0 Å². The van der Waals surface area contributed by atoms with Crippen molar-refractivity contribution in [3.05, 3.63) is 29.8 Å². The van der Waals surface area contributed by atoms with Crippen molar-refractivity contribution in [3.8, 4) is 5.75 Å². The largest absolute Gasteiger partial charge is 0.508 e. The number of benzene rings is 1. The van der Waals surface area contributed by atoms with Crippen LogP contribution in [0.3, 0.4) is 0 Å². The topological polar surface area (TPSA) is 52.5 Å². The molecule has 15 heavy (non-hydrogen) atoms. The summed E-state index contributed by atoms with van der Waals surface area (Å²) in [6.45, 7) is 5.69. The van der Waals surface area contributed by atoms with Crippen LogP contribution in [0.2, 0.25) is 0 Å². The van der Waals surface area contributed by atoms with E-state index in [1.54, 1.807) is 24.3 Å². The Kier molecular flexibility index (Phi) is 4.59. The molecule has 1 aromatic carbocycles. The summed E-state index contributed by atoms with van der Waals surface area (Å²) in [6, 6.07) is 6.64. The molecule has 1 atom stereocenters. The summed E-state index contributed by atoms with van der Waals surface area (Å²) in [6.07, 6.45) is -0.510. The van der Waals surface area contributed by atoms with Gasteiger partial charge in [-0.05, 0) is 30.2 Å². The van der Waals surface area contributed by atoms with E-state index in [1.165, 1.54) is 0 Å². The van der Waals surface area contributed by atoms with Gasteiger partial charge in [0.1, 0.15) is 5.75 Å². The van der Waals surface area contributed by atoms with E-state index in [-0.39, 0.29) is 5.75 Å². The Bertz CT molecular complexity index is 282. The number of hydrogen-bond acceptors (Lipinski definition) is 3. The molecule has 0 aliphatic rings. The van der Waals surface area contributed by atoms with Crippen LogP contribution in [-0.4, -0.2) is 23.3 Å². The fourth-order valence-corrected chi connectivity index (χ4v) is 1.32. The average molecular weight is 209 g/mol. The van der Waals surface area contributed by atoms with Crippen molar-refractivity contribution in [2.75, 3.05) is 13.1 Å². The summed E-state index contributed by atoms with van der Waals surface area (Å²) in [5.41, 5.74) is 0.823. The van der Waals surface area contributed by atoms with Gasteiger partial charge in [0.2, 0.25) is 0 Å². The molecule has 1 unspecified atom stereocenters. The highest BCUT2D eigenvalue weighted by atomic mass is 16.3. The molecule has 0 bridgehead atoms. The number of phenols is 1. The van der Waals surface area contributed by atoms with Crippen molar-refractivity contribution in [1.82, 2.24) is 5.32 Å². The standard InChI is InChI=1S/C12H19NO2/c1-9(2)7-13-8-12(15)10-3-5-11(14)6-4-10/h3-6,9,12-15H,7-8H2,1-2H3. The molecule has 0 saturated carbocycles. The number of aliphatic hydroxyl groups excluding tert-OH is 1. The normalized spacial score (nSPS) is 13.1. The first-order valence-electron chi connectivity index (χ1n) is 5.27. The highest BCUT2D eigenvalue weighted by molar-refractivity contribution is 5.27. The predicted molar refractivity (Wildman–Crippen MR) is 60.8 cm³/mol. The van der Waals surface area contributed by atoms with Gasteiger partial charge in [-0.25, -0.2) is 0 Å². The first-order chi connectivity index (χ1) is 7.09. The third-order valence-electron chi connectivity index (χ3n) is 2.17. The van der Waals surface area contributed by atoms with Gasteiger partial charge in [-0.3, -0.25) is 0 Å². The molecule has 1 aromatic rings. The summed E-state index contributed by atoms with van der Waals surface area (Å²) in [5.74, 6) is 0.804. The Labute approximate surface area is 90.8 Å². The zero-order chi connectivity index (χ0) is 11.3. The molecule has 3 heteroatoms. The third kappa shape index (κ3) is 4.32. The predicted octanol–water partition coefficient (Wildman–Crippen LogP) is 1.67. The van der Waals surface area contributed by atoms with Crippen LogP contribution in [-0.2, 0) is 0 Å². The number of phenolic OH excluding ortho intramolecular Hbond substituents is 1. The highest BCUT2D eigenvalue weighted by Crippen LogP contribution is 2.15. The fourth-order valence-electron chi connectivity index (χ4n) is 1.32. The van der Waals surface area contributed by atoms with Crippen LogP contribution in [0.15, 0.2) is 24.3 Å². The lowest BCUT2D eigenvalue weighted by Gasteiger charge is -2.13. The molecule has 0 aromatic heterocycles. The smallest absolute Gasteiger partial charge is 0.115 e. The molecule has 3 N–H and O–H groups in total. The summed E-state index contributed by atoms with van der Waals surface area (Å²) >= 11 is 0. The van der Waals surface area contributed by atoms with Crippen molar-refractivity contribution in [2.45, 2.75) is 20.0 Å². The monoisotopic (exact) mass is 209 g/mol. The second kappa shape index (κ2) is 5.73. The molecule has 3 nitrogen and oxygen atoms in total. The summed E-state index contributed by atoms with van der Waals surface area (Å²) in [5, 5.41) is 22.1. The Morgan fingerprint density at radius 2 is 1.73 bits per heavy atom. The van der Waals surface area contributed by atoms with Gasteiger partial charge in [0.05, 0.1) is 6.10 Å². The van der Waals surface area contributed by atoms with E-state index in [2.05, 4.69) is 19.2 Å². The van der Waals surface area contributed by atoms with Gasteiger partial charge in [0, 0.05) is 6.54 Å². The lowest BCUT2D eigenvalue weighted by Crippen LogP contribution is -2.25. The van der Waals surface area contributed by atoms with E-state index in [4.69, 9.17) is 5.11 Å². The SMILES string of the molecule is CC(C)CNCC(O)c1ccc(O)cc1. The van der Waals surface area contributed by atoms with E-state index < -0.39 is 6.10 Å². The summed E-state index contributed by atoms with van der Waals surface area (Å²) in [4.78, 5) is 0. The van der Waals surface area contributed by atoms with Crippen molar-refractivity contribution in [1.29, 1.82) is 0 Å². The minimum absolute atomic E-state index is 0.223. The van der Waals surface area contributed by atoms with Crippen LogP contribution in [0.1, 0.15) is 25.5 Å². The maximum Gasteiger partial charge on any atom is 0.115 e. The van der Waals surface area contributed by atoms with Crippen molar-refractivity contribution >= 4 is 0 Å². The van der Waals surface area contributed by atoms with Crippen LogP contribution < -0.4 is 5.32 Å². The van der Waals surface area contributed by atoms with Crippen molar-refractivity contribution < 1.29 is 10.2 Å². The molecular formula is C12H19NO2. The zero-order valence-corrected chi connectivity index (χ0v) is 9.27. The maximum absolute atomic E-state index is 9.78. The number of aliphatic hydroxyl groups is 1. The molecule has 0 fully saturated rings. The van der Waals surface area contributed by atoms with Gasteiger partial charge in [0.15, 0.2) is 0 Å². The molecule has 0 heterocycles. The first kappa shape index (κ1) is 12.0. The molecule has 1 rings (SSSR count). The van der Waals surface area contributed by atoms with Gasteiger partial charge in [-0.1, -0.05) is 26.0 Å². The van der Waals surface area contributed by atoms with Gasteiger partial charge < -0.3 is 15.5 Å². The molecular weight excluding hydrogens is 190 g/mol. The summed E-state index contributed by atoms with van der Waals surface area (Å²) in [7, 11) is 0. The molecule has 84 valence electrons. The minimum Gasteiger partial charge on any atom is -0.508 e. The molecule has 0 aliphatic heterocycles. The maximum atomic E-state index is 9.78. The molecule has 0 spiro atoms. The van der Waals surface area contributed by atoms with Crippen LogP contribution in [0.25, 0.3) is 0 Å². The average Bonchev–Trinajstić information content (AvgIpc) is 2.18. The van der Waals surface area contributed by atoms with Crippen LogP contribution >= 0.6 is 0 Å². The van der Waals surface area contributed by atoms with Crippen LogP contribution in [0, 0.1) is 5.92 Å². The fraction of sp³-hybridized carbons (Fsp3) is 0.500. The van der Waals surface area contributed by atoms with Gasteiger partial charge in [-0.15, -0.1) is 0 Å². The highest BCUT2D eigenvalue weighted by Gasteiger charge is 2.06. The number of aromatic hydroxyl groups is 1. The van der Waals surface area contributed by atoms with E-state index in [1.807, 2.05) is 0 Å². The third-order valence-corrected chi connectivity index (χ3v) is 2.17. The molecule has 0 amide bonds. The van der Waals surface area contributed by atoms with Gasteiger partial charge >= 0.3 is 0 Å². The van der Waals surface area contributed by atoms with Crippen molar-refractivity contribution in [3.63, 3.8) is 0 Å². The second-order valence-corrected chi connectivity index (χ2v) is 4.16. The summed E-state index contributed by atoms with van der Waals surface area (Å²) < 4.78 is 0. The van der Waals surface area contributed by atoms with Crippen molar-refractivity contribution in [2.24, 2.45) is 5.92 Å². The van der Waals surface area contributed by atoms with Crippen LogP contribution in [0.4, 0.5) is 0 Å². The van der Waals surface area contributed by atoms with E-state index in [0.717, 1.165) is 12.1 Å². The van der Waals surface area contributed by atoms with E-state index >= 15 is 0 Å². The van der Waals surface area contributed by atoms with Gasteiger partial charge in [0.25, 0.3) is 0 Å². The Morgan fingerprint density at radius 1 is 1.13 bits per heavy atom. The van der Waals surface area contributed by atoms with E-state index in [9.17, 15) is 5.11 Å². The minimum atomic E-state index is -0.510. The Hall–Kier alpha value is -1.06. The first-order valence-corrected chi connectivity index (χ1v) is 5.27. The molecule has 0 radical (unpaired) electrons. The van der Waals surface area contributed by atoms with E-state index in [0.29, 0.717) is 12.5 Å². The zero-order valence-electron chi connectivity index (χ0n) is 9.27. The number of hydrogen-bond donors (Lipinski definition) is 3. The number of rotatable bonds is 5. The Morgan fingerprint density at radius 3 is 2.27 bits per heavy atom. The lowest BCUT2D eigenvalue weighted by molar-refractivity contribution is 0.173. The number of nitrogens with one attached hydrogen (secondary N) is 1. The molecule has 0 saturated heterocycles. The molecule has 0 aliphatic carbocycles. The van der Waals surface area contributed by atoms with Crippen LogP contribution in [0.5, 0.6) is 5.75 Å². The second-order valence-electron chi connectivity index (χ2n) is 4.16. The Balaban J connectivity index is 2.40. The quantitative estimate of drug-likeness (QED) is 0.691. The lowest BCUT2D eigenvalue weighted by atomic mass is 10.1.